The molecule has 0 spiro atoms. The fourth-order valence-electron chi connectivity index (χ4n) is 8.40. The standard InChI is InChI=1S/C56H62Cl2N6O12/c1-35-41(33-75-55-13-53(73-31-39-9-37(15-59)17-61-19-39)43(11-51(55)57)21-63(23-47(71)29-69)45(25-65)26-66)5-3-7-49(35)50-8-4-6-42(36(50)2)34-76-56-14-54(74-32-40-10-38(16-60)18-62-20-40)44(12-52(56)58)22-64(24-48(72)30-70)46(27-67)28-68/h3-14,17-20,45-48,65-72H,21-34H2,1-2H3/t47-,48-/m0/s1. The summed E-state index contributed by atoms with van der Waals surface area (Å²) in [6.45, 7) is 1.47. The molecule has 0 unspecified atom stereocenters. The molecule has 0 saturated heterocycles. The lowest BCUT2D eigenvalue weighted by Crippen LogP contribution is -2.45. The lowest BCUT2D eigenvalue weighted by atomic mass is 9.92. The van der Waals surface area contributed by atoms with Gasteiger partial charge in [0.15, 0.2) is 0 Å². The molecule has 76 heavy (non-hydrogen) atoms. The Hall–Kier alpha value is -6.46. The number of benzene rings is 4. The SMILES string of the molecule is Cc1c(COc2cc(OCc3cncc(C#N)c3)c(CN(C[C@H](O)CO)C(CO)CO)cc2Cl)cccc1-c1cccc(COc2cc(OCc3cncc(C#N)c3)c(CN(C[C@H](O)CO)C(CO)CO)cc2Cl)c1C. The van der Waals surface area contributed by atoms with Gasteiger partial charge in [0.2, 0.25) is 0 Å². The molecular formula is C56H62Cl2N6O12. The number of aromatic nitrogens is 2. The number of halogens is 2. The van der Waals surface area contributed by atoms with Crippen molar-refractivity contribution >= 4 is 23.2 Å². The summed E-state index contributed by atoms with van der Waals surface area (Å²) in [7, 11) is 0. The van der Waals surface area contributed by atoms with Crippen LogP contribution in [0.1, 0.15) is 55.6 Å². The molecule has 2 aromatic heterocycles. The number of nitrogens with zero attached hydrogens (tertiary/aromatic N) is 6. The van der Waals surface area contributed by atoms with Gasteiger partial charge < -0.3 is 59.8 Å². The molecular weight excluding hydrogens is 1020 g/mol. The van der Waals surface area contributed by atoms with Crippen LogP contribution in [0.2, 0.25) is 10.0 Å². The molecule has 0 aliphatic heterocycles. The van der Waals surface area contributed by atoms with Gasteiger partial charge in [0.1, 0.15) is 61.6 Å². The van der Waals surface area contributed by atoms with Gasteiger partial charge in [-0.2, -0.15) is 10.5 Å². The van der Waals surface area contributed by atoms with Gasteiger partial charge >= 0.3 is 0 Å². The van der Waals surface area contributed by atoms with Crippen molar-refractivity contribution in [1.82, 2.24) is 19.8 Å². The summed E-state index contributed by atoms with van der Waals surface area (Å²) < 4.78 is 25.4. The largest absolute Gasteiger partial charge is 0.488 e. The van der Waals surface area contributed by atoms with Crippen molar-refractivity contribution in [1.29, 1.82) is 10.5 Å². The predicted molar refractivity (Wildman–Crippen MR) is 282 cm³/mol. The molecule has 18 nitrogen and oxygen atoms in total. The smallest absolute Gasteiger partial charge is 0.142 e. The Balaban J connectivity index is 1.25. The highest BCUT2D eigenvalue weighted by molar-refractivity contribution is 6.32. The summed E-state index contributed by atoms with van der Waals surface area (Å²) in [5, 5.41) is 99.5. The number of rotatable bonds is 29. The zero-order valence-corrected chi connectivity index (χ0v) is 43.6. The van der Waals surface area contributed by atoms with Gasteiger partial charge in [-0.15, -0.1) is 0 Å². The van der Waals surface area contributed by atoms with Crippen LogP contribution >= 0.6 is 23.2 Å². The molecule has 2 heterocycles. The second-order valence-electron chi connectivity index (χ2n) is 18.1. The van der Waals surface area contributed by atoms with Gasteiger partial charge in [0, 0.05) is 85.4 Å². The number of aliphatic hydroxyl groups excluding tert-OH is 8. The molecule has 0 saturated carbocycles. The summed E-state index contributed by atoms with van der Waals surface area (Å²) in [5.74, 6) is 1.29. The normalized spacial score (nSPS) is 12.2. The lowest BCUT2D eigenvalue weighted by molar-refractivity contribution is 0.0107. The molecule has 0 amide bonds. The van der Waals surface area contributed by atoms with Crippen LogP contribution in [0.15, 0.2) is 97.6 Å². The van der Waals surface area contributed by atoms with Crippen molar-refractivity contribution in [2.45, 2.75) is 77.7 Å². The molecule has 20 heteroatoms. The molecule has 0 aliphatic rings. The van der Waals surface area contributed by atoms with E-state index >= 15 is 0 Å². The number of pyridine rings is 2. The molecule has 0 aliphatic carbocycles. The number of ether oxygens (including phenoxy) is 4. The highest BCUT2D eigenvalue weighted by Gasteiger charge is 2.26. The van der Waals surface area contributed by atoms with Gasteiger partial charge in [-0.05, 0) is 71.5 Å². The second-order valence-corrected chi connectivity index (χ2v) is 18.9. The Morgan fingerprint density at radius 2 is 0.882 bits per heavy atom. The second kappa shape index (κ2) is 29.2. The van der Waals surface area contributed by atoms with Gasteiger partial charge in [-0.1, -0.05) is 59.6 Å². The monoisotopic (exact) mass is 1080 g/mol. The molecule has 402 valence electrons. The lowest BCUT2D eigenvalue weighted by Gasteiger charge is -2.31. The average molecular weight is 1080 g/mol. The summed E-state index contributed by atoms with van der Waals surface area (Å²) in [6.07, 6.45) is 3.72. The molecule has 6 rings (SSSR count). The molecule has 0 fully saturated rings. The fourth-order valence-corrected chi connectivity index (χ4v) is 8.88. The maximum Gasteiger partial charge on any atom is 0.142 e. The minimum absolute atomic E-state index is 0.0216. The van der Waals surface area contributed by atoms with E-state index in [1.165, 1.54) is 12.4 Å². The Bertz CT molecular complexity index is 2750. The molecule has 0 bridgehead atoms. The van der Waals surface area contributed by atoms with Crippen molar-refractivity contribution in [3.63, 3.8) is 0 Å². The molecule has 2 atom stereocenters. The Labute approximate surface area is 451 Å². The first-order valence-corrected chi connectivity index (χ1v) is 25.0. The van der Waals surface area contributed by atoms with E-state index in [9.17, 15) is 51.4 Å². The summed E-state index contributed by atoms with van der Waals surface area (Å²) in [6, 6.07) is 24.3. The van der Waals surface area contributed by atoms with Gasteiger partial charge in [-0.3, -0.25) is 19.8 Å². The molecule has 6 aromatic rings. The molecule has 4 aromatic carbocycles. The number of aliphatic hydroxyl groups is 8. The van der Waals surface area contributed by atoms with Crippen molar-refractivity contribution in [2.24, 2.45) is 0 Å². The van der Waals surface area contributed by atoms with E-state index in [1.54, 1.807) is 58.6 Å². The van der Waals surface area contributed by atoms with Gasteiger partial charge in [0.25, 0.3) is 0 Å². The third-order valence-corrected chi connectivity index (χ3v) is 13.3. The third-order valence-electron chi connectivity index (χ3n) is 12.7. The van der Waals surface area contributed by atoms with Gasteiger partial charge in [0.05, 0.1) is 85.1 Å². The predicted octanol–water partition coefficient (Wildman–Crippen LogP) is 5.14. The first kappa shape index (κ1) is 58.8. The average Bonchev–Trinajstić information content (AvgIpc) is 3.43. The van der Waals surface area contributed by atoms with E-state index < -0.39 is 63.9 Å². The maximum absolute atomic E-state index is 10.3. The number of hydrogen-bond donors (Lipinski definition) is 8. The van der Waals surface area contributed by atoms with Gasteiger partial charge in [-0.25, -0.2) is 0 Å². The summed E-state index contributed by atoms with van der Waals surface area (Å²) in [5.41, 5.74) is 8.53. The first-order chi connectivity index (χ1) is 36.8. The quantitative estimate of drug-likeness (QED) is 0.0302. The van der Waals surface area contributed by atoms with Crippen LogP contribution in [0, 0.1) is 36.5 Å². The topological polar surface area (TPSA) is 279 Å². The van der Waals surface area contributed by atoms with E-state index in [0.717, 1.165) is 33.4 Å². The van der Waals surface area contributed by atoms with Crippen LogP contribution in [-0.2, 0) is 39.5 Å². The minimum atomic E-state index is -1.16. The molecule has 8 N–H and O–H groups in total. The van der Waals surface area contributed by atoms with E-state index in [1.807, 2.05) is 50.2 Å². The Kier molecular flexibility index (Phi) is 22.6. The number of nitriles is 2. The van der Waals surface area contributed by atoms with Crippen LogP contribution in [0.4, 0.5) is 0 Å². The summed E-state index contributed by atoms with van der Waals surface area (Å²) >= 11 is 13.8. The Morgan fingerprint density at radius 1 is 0.500 bits per heavy atom. The highest BCUT2D eigenvalue weighted by atomic mass is 35.5. The highest BCUT2D eigenvalue weighted by Crippen LogP contribution is 2.38. The molecule has 0 radical (unpaired) electrons. The third kappa shape index (κ3) is 15.8. The number of hydrogen-bond acceptors (Lipinski definition) is 18. The van der Waals surface area contributed by atoms with Crippen LogP contribution < -0.4 is 18.9 Å². The van der Waals surface area contributed by atoms with Crippen molar-refractivity contribution in [2.75, 3.05) is 52.7 Å². The van der Waals surface area contributed by atoms with E-state index in [4.69, 9.17) is 42.1 Å². The van der Waals surface area contributed by atoms with Crippen molar-refractivity contribution in [3.8, 4) is 46.3 Å². The van der Waals surface area contributed by atoms with Crippen molar-refractivity contribution in [3.05, 3.63) is 163 Å². The van der Waals surface area contributed by atoms with Crippen LogP contribution in [0.3, 0.4) is 0 Å². The zero-order chi connectivity index (χ0) is 54.7. The maximum atomic E-state index is 10.3. The van der Waals surface area contributed by atoms with Crippen LogP contribution in [0.25, 0.3) is 11.1 Å². The van der Waals surface area contributed by atoms with Crippen molar-refractivity contribution < 1.29 is 59.8 Å². The van der Waals surface area contributed by atoms with Crippen LogP contribution in [-0.4, -0.2) is 138 Å². The fraction of sp³-hybridized carbons (Fsp3) is 0.357. The Morgan fingerprint density at radius 3 is 1.24 bits per heavy atom. The first-order valence-electron chi connectivity index (χ1n) is 24.3. The van der Waals surface area contributed by atoms with Crippen LogP contribution in [0.5, 0.6) is 23.0 Å². The van der Waals surface area contributed by atoms with E-state index in [0.29, 0.717) is 56.4 Å². The van der Waals surface area contributed by atoms with E-state index in [-0.39, 0.29) is 62.7 Å². The van der Waals surface area contributed by atoms with E-state index in [2.05, 4.69) is 22.1 Å². The summed E-state index contributed by atoms with van der Waals surface area (Å²) in [4.78, 5) is 11.5. The minimum Gasteiger partial charge on any atom is -0.488 e. The zero-order valence-electron chi connectivity index (χ0n) is 42.1.